The second-order valence-corrected chi connectivity index (χ2v) is 8.27. The van der Waals surface area contributed by atoms with Crippen LogP contribution < -0.4 is 10.2 Å². The van der Waals surface area contributed by atoms with Gasteiger partial charge in [-0.25, -0.2) is 0 Å². The van der Waals surface area contributed by atoms with Gasteiger partial charge in [0, 0.05) is 17.7 Å². The molecule has 0 radical (unpaired) electrons. The van der Waals surface area contributed by atoms with Gasteiger partial charge >= 0.3 is 0 Å². The van der Waals surface area contributed by atoms with E-state index in [1.165, 1.54) is 18.2 Å². The first-order valence-corrected chi connectivity index (χ1v) is 10.3. The highest BCUT2D eigenvalue weighted by Crippen LogP contribution is 2.42. The Morgan fingerprint density at radius 1 is 1.12 bits per heavy atom. The molecule has 1 unspecified atom stereocenters. The van der Waals surface area contributed by atoms with Crippen molar-refractivity contribution in [3.63, 3.8) is 0 Å². The highest BCUT2D eigenvalue weighted by atomic mass is 16.5. The monoisotopic (exact) mass is 452 g/mol. The molecular weight excluding hydrogens is 428 g/mol. The Hall–Kier alpha value is -3.75. The van der Waals surface area contributed by atoms with E-state index in [1.54, 1.807) is 32.1 Å². The van der Waals surface area contributed by atoms with Crippen LogP contribution in [0.4, 0.5) is 0 Å². The fourth-order valence-electron chi connectivity index (χ4n) is 3.71. The smallest absolute Gasteiger partial charge is 0.200 e. The molecule has 4 rings (SSSR count). The lowest BCUT2D eigenvalue weighted by atomic mass is 9.96. The molecule has 0 saturated carbocycles. The fourth-order valence-corrected chi connectivity index (χ4v) is 3.71. The highest BCUT2D eigenvalue weighted by molar-refractivity contribution is 5.95. The van der Waals surface area contributed by atoms with E-state index in [2.05, 4.69) is 0 Å². The zero-order valence-corrected chi connectivity index (χ0v) is 18.1. The SMILES string of the molecule is C/C(=C/Cc1c(-c2ccc(O)cc2O)oc2c3c(cc(O)c2c1=O)OC(C)(CO)C=C3)CO. The van der Waals surface area contributed by atoms with Crippen molar-refractivity contribution in [3.05, 3.63) is 63.3 Å². The van der Waals surface area contributed by atoms with Gasteiger partial charge in [0.15, 0.2) is 5.58 Å². The number of hydrogen-bond acceptors (Lipinski definition) is 8. The Labute approximate surface area is 188 Å². The van der Waals surface area contributed by atoms with E-state index >= 15 is 0 Å². The van der Waals surface area contributed by atoms with Crippen LogP contribution in [0.5, 0.6) is 23.0 Å². The molecule has 2 heterocycles. The lowest BCUT2D eigenvalue weighted by Gasteiger charge is -2.30. The van der Waals surface area contributed by atoms with E-state index in [4.69, 9.17) is 9.15 Å². The molecule has 1 atom stereocenters. The molecule has 0 fully saturated rings. The predicted molar refractivity (Wildman–Crippen MR) is 123 cm³/mol. The quantitative estimate of drug-likeness (QED) is 0.372. The van der Waals surface area contributed by atoms with Gasteiger partial charge in [0.1, 0.15) is 39.7 Å². The zero-order chi connectivity index (χ0) is 23.9. The Bertz CT molecular complexity index is 1370. The molecule has 0 bridgehead atoms. The predicted octanol–water partition coefficient (Wildman–Crippen LogP) is 3.21. The summed E-state index contributed by atoms with van der Waals surface area (Å²) < 4.78 is 12.0. The standard InChI is InChI=1S/C25H24O8/c1-13(11-26)3-5-17-22(31)21-19(30)10-20-16(7-8-25(2,12-27)33-20)24(21)32-23(17)15-6-4-14(28)9-18(15)29/h3-4,6-10,26-30H,5,11-12H2,1-2H3/b13-3-. The summed E-state index contributed by atoms with van der Waals surface area (Å²) in [5, 5.41) is 49.7. The minimum atomic E-state index is -1.00. The average Bonchev–Trinajstić information content (AvgIpc) is 2.77. The number of allylic oxidation sites excluding steroid dienone is 1. The second-order valence-electron chi connectivity index (χ2n) is 8.27. The summed E-state index contributed by atoms with van der Waals surface area (Å²) in [6.07, 6.45) is 5.01. The van der Waals surface area contributed by atoms with Crippen LogP contribution >= 0.6 is 0 Å². The number of phenolic OH excluding ortho intramolecular Hbond substituents is 3. The first-order valence-electron chi connectivity index (χ1n) is 10.3. The van der Waals surface area contributed by atoms with Crippen molar-refractivity contribution < 1.29 is 34.7 Å². The van der Waals surface area contributed by atoms with Crippen molar-refractivity contribution in [1.29, 1.82) is 0 Å². The summed E-state index contributed by atoms with van der Waals surface area (Å²) in [5.41, 5.74) is -0.0889. The first-order chi connectivity index (χ1) is 15.7. The molecule has 3 aromatic rings. The van der Waals surface area contributed by atoms with Crippen LogP contribution in [0, 0.1) is 0 Å². The van der Waals surface area contributed by atoms with Crippen LogP contribution in [-0.4, -0.2) is 44.3 Å². The van der Waals surface area contributed by atoms with Gasteiger partial charge in [-0.3, -0.25) is 4.79 Å². The molecule has 5 N–H and O–H groups in total. The molecule has 8 heteroatoms. The molecule has 8 nitrogen and oxygen atoms in total. The summed E-state index contributed by atoms with van der Waals surface area (Å²) in [6, 6.07) is 5.21. The molecule has 172 valence electrons. The van der Waals surface area contributed by atoms with E-state index in [9.17, 15) is 30.3 Å². The van der Waals surface area contributed by atoms with Crippen LogP contribution in [0.2, 0.25) is 0 Å². The van der Waals surface area contributed by atoms with Gasteiger partial charge in [-0.1, -0.05) is 11.6 Å². The molecular formula is C25H24O8. The van der Waals surface area contributed by atoms with Gasteiger partial charge in [-0.15, -0.1) is 0 Å². The van der Waals surface area contributed by atoms with Crippen LogP contribution in [0.15, 0.2) is 51.2 Å². The third kappa shape index (κ3) is 3.94. The third-order valence-corrected chi connectivity index (χ3v) is 5.63. The van der Waals surface area contributed by atoms with Crippen molar-refractivity contribution in [1.82, 2.24) is 0 Å². The van der Waals surface area contributed by atoms with Gasteiger partial charge < -0.3 is 34.7 Å². The normalized spacial score (nSPS) is 17.8. The van der Waals surface area contributed by atoms with Gasteiger partial charge in [0.25, 0.3) is 0 Å². The molecule has 0 saturated heterocycles. The number of phenols is 3. The number of aliphatic hydroxyl groups excluding tert-OH is 2. The van der Waals surface area contributed by atoms with Crippen LogP contribution in [0.25, 0.3) is 28.4 Å². The summed E-state index contributed by atoms with van der Waals surface area (Å²) in [5.74, 6) is -0.518. The summed E-state index contributed by atoms with van der Waals surface area (Å²) in [7, 11) is 0. The average molecular weight is 452 g/mol. The second kappa shape index (κ2) is 8.31. The van der Waals surface area contributed by atoms with Crippen molar-refractivity contribution >= 4 is 17.0 Å². The molecule has 0 amide bonds. The number of fused-ring (bicyclic) bond motifs is 3. The molecule has 0 spiro atoms. The summed E-state index contributed by atoms with van der Waals surface area (Å²) in [4.78, 5) is 13.5. The maximum Gasteiger partial charge on any atom is 0.200 e. The van der Waals surface area contributed by atoms with E-state index in [0.29, 0.717) is 11.1 Å². The maximum absolute atomic E-state index is 13.5. The first kappa shape index (κ1) is 22.4. The number of benzene rings is 2. The van der Waals surface area contributed by atoms with E-state index in [-0.39, 0.29) is 70.5 Å². The Kier molecular flexibility index (Phi) is 5.65. The lowest BCUT2D eigenvalue weighted by Crippen LogP contribution is -2.35. The number of ether oxygens (including phenoxy) is 1. The minimum Gasteiger partial charge on any atom is -0.508 e. The highest BCUT2D eigenvalue weighted by Gasteiger charge is 2.30. The van der Waals surface area contributed by atoms with Crippen LogP contribution in [0.3, 0.4) is 0 Å². The van der Waals surface area contributed by atoms with Gasteiger partial charge in [0.2, 0.25) is 5.43 Å². The minimum absolute atomic E-state index is 0.0540. The van der Waals surface area contributed by atoms with E-state index in [0.717, 1.165) is 6.07 Å². The molecule has 1 aliphatic rings. The number of hydrogen-bond donors (Lipinski definition) is 5. The third-order valence-electron chi connectivity index (χ3n) is 5.63. The van der Waals surface area contributed by atoms with Gasteiger partial charge in [-0.2, -0.15) is 0 Å². The Balaban J connectivity index is 2.06. The fraction of sp³-hybridized carbons (Fsp3) is 0.240. The maximum atomic E-state index is 13.5. The number of aliphatic hydroxyl groups is 2. The molecule has 1 aliphatic heterocycles. The molecule has 2 aromatic carbocycles. The Morgan fingerprint density at radius 2 is 1.88 bits per heavy atom. The largest absolute Gasteiger partial charge is 0.508 e. The van der Waals surface area contributed by atoms with E-state index < -0.39 is 11.0 Å². The van der Waals surface area contributed by atoms with Crippen molar-refractivity contribution in [2.24, 2.45) is 0 Å². The van der Waals surface area contributed by atoms with E-state index in [1.807, 2.05) is 0 Å². The summed E-state index contributed by atoms with van der Waals surface area (Å²) >= 11 is 0. The van der Waals surface area contributed by atoms with Crippen molar-refractivity contribution in [2.75, 3.05) is 13.2 Å². The van der Waals surface area contributed by atoms with Crippen molar-refractivity contribution in [2.45, 2.75) is 25.9 Å². The van der Waals surface area contributed by atoms with Crippen LogP contribution in [0.1, 0.15) is 25.0 Å². The number of aromatic hydroxyl groups is 3. The van der Waals surface area contributed by atoms with Crippen molar-refractivity contribution in [3.8, 4) is 34.3 Å². The topological polar surface area (TPSA) is 141 Å². The van der Waals surface area contributed by atoms with Gasteiger partial charge in [0.05, 0.1) is 24.3 Å². The molecule has 1 aromatic heterocycles. The Morgan fingerprint density at radius 3 is 2.55 bits per heavy atom. The number of rotatable bonds is 5. The summed E-state index contributed by atoms with van der Waals surface area (Å²) in [6.45, 7) is 2.88. The van der Waals surface area contributed by atoms with Gasteiger partial charge in [-0.05, 0) is 44.6 Å². The molecule has 0 aliphatic carbocycles. The lowest BCUT2D eigenvalue weighted by molar-refractivity contribution is 0.0640. The molecule has 33 heavy (non-hydrogen) atoms. The van der Waals surface area contributed by atoms with Crippen LogP contribution in [-0.2, 0) is 6.42 Å². The zero-order valence-electron chi connectivity index (χ0n) is 18.1.